The second-order valence-corrected chi connectivity index (χ2v) is 5.94. The van der Waals surface area contributed by atoms with E-state index < -0.39 is 0 Å². The van der Waals surface area contributed by atoms with Gasteiger partial charge in [-0.05, 0) is 40.2 Å². The minimum atomic E-state index is 0.462. The zero-order valence-corrected chi connectivity index (χ0v) is 13.7. The fourth-order valence-electron chi connectivity index (χ4n) is 1.96. The van der Waals surface area contributed by atoms with Crippen molar-refractivity contribution in [1.82, 2.24) is 4.98 Å². The first kappa shape index (κ1) is 13.5. The minimum absolute atomic E-state index is 0.462. The van der Waals surface area contributed by atoms with E-state index in [-0.39, 0.29) is 0 Å². The number of nitrogen functional groups attached to an aromatic ring is 1. The van der Waals surface area contributed by atoms with E-state index in [9.17, 15) is 0 Å². The van der Waals surface area contributed by atoms with Gasteiger partial charge in [0.1, 0.15) is 5.75 Å². The van der Waals surface area contributed by atoms with Gasteiger partial charge >= 0.3 is 0 Å². The van der Waals surface area contributed by atoms with Crippen LogP contribution in [0.25, 0.3) is 22.6 Å². The number of aromatic nitrogens is 1. The Hall–Kier alpha value is -1.53. The van der Waals surface area contributed by atoms with E-state index in [1.165, 1.54) is 0 Å². The van der Waals surface area contributed by atoms with Crippen molar-refractivity contribution < 1.29 is 9.15 Å². The van der Waals surface area contributed by atoms with Crippen LogP contribution < -0.4 is 10.5 Å². The summed E-state index contributed by atoms with van der Waals surface area (Å²) in [6.45, 7) is 0. The molecule has 0 aliphatic rings. The second kappa shape index (κ2) is 5.10. The molecule has 6 heteroatoms. The monoisotopic (exact) mass is 396 g/mol. The Morgan fingerprint density at radius 2 is 2.05 bits per heavy atom. The van der Waals surface area contributed by atoms with Crippen molar-refractivity contribution in [2.45, 2.75) is 0 Å². The van der Waals surface area contributed by atoms with Crippen LogP contribution in [0.4, 0.5) is 5.69 Å². The molecular weight excluding hydrogens is 388 g/mol. The lowest BCUT2D eigenvalue weighted by atomic mass is 10.2. The van der Waals surface area contributed by atoms with Crippen molar-refractivity contribution in [1.29, 1.82) is 0 Å². The number of oxazole rings is 1. The van der Waals surface area contributed by atoms with Gasteiger partial charge in [0.15, 0.2) is 11.1 Å². The van der Waals surface area contributed by atoms with Gasteiger partial charge in [0.2, 0.25) is 5.89 Å². The van der Waals surface area contributed by atoms with Crippen molar-refractivity contribution in [2.75, 3.05) is 12.8 Å². The molecule has 1 heterocycles. The van der Waals surface area contributed by atoms with Gasteiger partial charge in [-0.3, -0.25) is 0 Å². The molecule has 3 aromatic rings. The molecule has 0 spiro atoms. The van der Waals surface area contributed by atoms with Crippen molar-refractivity contribution in [3.05, 3.63) is 39.3 Å². The maximum Gasteiger partial charge on any atom is 0.229 e. The van der Waals surface area contributed by atoms with Gasteiger partial charge in [-0.1, -0.05) is 22.0 Å². The van der Waals surface area contributed by atoms with Gasteiger partial charge in [-0.25, -0.2) is 4.98 Å². The molecule has 0 amide bonds. The molecule has 1 aromatic heterocycles. The standard InChI is InChI=1S/C14H10Br2N2O2/c1-19-10-3-2-4-11-13(10)18-14(20-11)8-5-7(15)6-9(16)12(8)17/h2-6H,17H2,1H3. The molecule has 20 heavy (non-hydrogen) atoms. The van der Waals surface area contributed by atoms with Crippen LogP contribution in [0.3, 0.4) is 0 Å². The largest absolute Gasteiger partial charge is 0.494 e. The second-order valence-electron chi connectivity index (χ2n) is 4.17. The minimum Gasteiger partial charge on any atom is -0.494 e. The first-order valence-corrected chi connectivity index (χ1v) is 7.37. The summed E-state index contributed by atoms with van der Waals surface area (Å²) < 4.78 is 12.7. The molecule has 2 N–H and O–H groups in total. The van der Waals surface area contributed by atoms with Gasteiger partial charge in [0.25, 0.3) is 0 Å². The van der Waals surface area contributed by atoms with Gasteiger partial charge in [0.05, 0.1) is 18.4 Å². The SMILES string of the molecule is COc1cccc2oc(-c3cc(Br)cc(Br)c3N)nc12. The predicted octanol–water partition coefficient (Wildman–Crippen LogP) is 4.61. The molecule has 0 saturated carbocycles. The number of ether oxygens (including phenoxy) is 1. The molecule has 102 valence electrons. The van der Waals surface area contributed by atoms with Crippen LogP contribution >= 0.6 is 31.9 Å². The van der Waals surface area contributed by atoms with Crippen molar-refractivity contribution in [2.24, 2.45) is 0 Å². The van der Waals surface area contributed by atoms with E-state index in [1.807, 2.05) is 30.3 Å². The van der Waals surface area contributed by atoms with E-state index >= 15 is 0 Å². The van der Waals surface area contributed by atoms with E-state index in [1.54, 1.807) is 7.11 Å². The molecule has 2 aromatic carbocycles. The van der Waals surface area contributed by atoms with Crippen LogP contribution in [-0.2, 0) is 0 Å². The highest BCUT2D eigenvalue weighted by Gasteiger charge is 2.16. The van der Waals surface area contributed by atoms with Gasteiger partial charge in [-0.15, -0.1) is 0 Å². The maximum absolute atomic E-state index is 6.08. The summed E-state index contributed by atoms with van der Waals surface area (Å²) in [7, 11) is 1.60. The molecule has 0 saturated heterocycles. The molecule has 0 aliphatic heterocycles. The Bertz CT molecular complexity index is 799. The number of hydrogen-bond acceptors (Lipinski definition) is 4. The number of nitrogens with two attached hydrogens (primary N) is 1. The molecule has 0 bridgehead atoms. The summed E-state index contributed by atoms with van der Waals surface area (Å²) >= 11 is 6.85. The van der Waals surface area contributed by atoms with Crippen LogP contribution in [0.2, 0.25) is 0 Å². The number of hydrogen-bond donors (Lipinski definition) is 1. The molecule has 0 unspecified atom stereocenters. The zero-order valence-electron chi connectivity index (χ0n) is 10.5. The Morgan fingerprint density at radius 1 is 1.25 bits per heavy atom. The zero-order chi connectivity index (χ0) is 14.3. The summed E-state index contributed by atoms with van der Waals surface area (Å²) in [6, 6.07) is 9.29. The maximum atomic E-state index is 6.08. The highest BCUT2D eigenvalue weighted by Crippen LogP contribution is 2.37. The summed E-state index contributed by atoms with van der Waals surface area (Å²) in [6.07, 6.45) is 0. The lowest BCUT2D eigenvalue weighted by Crippen LogP contribution is -1.92. The molecule has 0 fully saturated rings. The third-order valence-electron chi connectivity index (χ3n) is 2.93. The van der Waals surface area contributed by atoms with Crippen LogP contribution in [-0.4, -0.2) is 12.1 Å². The average Bonchev–Trinajstić information content (AvgIpc) is 2.86. The molecule has 0 aliphatic carbocycles. The summed E-state index contributed by atoms with van der Waals surface area (Å²) in [4.78, 5) is 4.48. The first-order chi connectivity index (χ1) is 9.60. The number of benzene rings is 2. The number of methoxy groups -OCH3 is 1. The van der Waals surface area contributed by atoms with E-state index in [0.29, 0.717) is 28.4 Å². The summed E-state index contributed by atoms with van der Waals surface area (Å²) in [5, 5.41) is 0. The van der Waals surface area contributed by atoms with Gasteiger partial charge < -0.3 is 14.9 Å². The van der Waals surface area contributed by atoms with Gasteiger partial charge in [-0.2, -0.15) is 0 Å². The van der Waals surface area contributed by atoms with Crippen LogP contribution in [0, 0.1) is 0 Å². The quantitative estimate of drug-likeness (QED) is 0.641. The lowest BCUT2D eigenvalue weighted by molar-refractivity contribution is 0.419. The molecule has 3 rings (SSSR count). The highest BCUT2D eigenvalue weighted by molar-refractivity contribution is 9.11. The number of nitrogens with zero attached hydrogens (tertiary/aromatic N) is 1. The van der Waals surface area contributed by atoms with Crippen LogP contribution in [0.1, 0.15) is 0 Å². The predicted molar refractivity (Wildman–Crippen MR) is 85.8 cm³/mol. The number of fused-ring (bicyclic) bond motifs is 1. The Morgan fingerprint density at radius 3 is 2.80 bits per heavy atom. The molecule has 0 radical (unpaired) electrons. The molecule has 0 atom stereocenters. The third-order valence-corrected chi connectivity index (χ3v) is 4.04. The summed E-state index contributed by atoms with van der Waals surface area (Å²) in [5.41, 5.74) is 8.73. The molecule has 4 nitrogen and oxygen atoms in total. The van der Waals surface area contributed by atoms with E-state index in [0.717, 1.165) is 14.5 Å². The Kier molecular flexibility index (Phi) is 3.43. The van der Waals surface area contributed by atoms with Crippen molar-refractivity contribution in [3.63, 3.8) is 0 Å². The Balaban J connectivity index is 2.25. The van der Waals surface area contributed by atoms with Crippen LogP contribution in [0.15, 0.2) is 43.7 Å². The Labute approximate surface area is 132 Å². The van der Waals surface area contributed by atoms with E-state index in [4.69, 9.17) is 14.9 Å². The lowest BCUT2D eigenvalue weighted by Gasteiger charge is -2.04. The van der Waals surface area contributed by atoms with E-state index in [2.05, 4.69) is 36.8 Å². The normalized spacial score (nSPS) is 10.9. The topological polar surface area (TPSA) is 61.3 Å². The highest BCUT2D eigenvalue weighted by atomic mass is 79.9. The molecular formula is C14H10Br2N2O2. The fraction of sp³-hybridized carbons (Fsp3) is 0.0714. The first-order valence-electron chi connectivity index (χ1n) is 5.78. The number of anilines is 1. The number of para-hydroxylation sites is 1. The third kappa shape index (κ3) is 2.19. The fourth-order valence-corrected chi connectivity index (χ4v) is 3.19. The van der Waals surface area contributed by atoms with Crippen molar-refractivity contribution in [3.8, 4) is 17.2 Å². The number of halogens is 2. The van der Waals surface area contributed by atoms with Crippen molar-refractivity contribution >= 4 is 48.6 Å². The smallest absolute Gasteiger partial charge is 0.229 e. The average molecular weight is 398 g/mol. The summed E-state index contributed by atoms with van der Waals surface area (Å²) in [5.74, 6) is 1.13. The van der Waals surface area contributed by atoms with Crippen LogP contribution in [0.5, 0.6) is 5.75 Å². The number of rotatable bonds is 2. The van der Waals surface area contributed by atoms with Gasteiger partial charge in [0, 0.05) is 8.95 Å².